The van der Waals surface area contributed by atoms with E-state index in [9.17, 15) is 9.59 Å². The van der Waals surface area contributed by atoms with Gasteiger partial charge in [-0.3, -0.25) is 9.59 Å². The van der Waals surface area contributed by atoms with Crippen LogP contribution in [0.25, 0.3) is 0 Å². The first kappa shape index (κ1) is 14.7. The number of hydrogen-bond donors (Lipinski definition) is 1. The summed E-state index contributed by atoms with van der Waals surface area (Å²) in [5.74, 6) is 1.21. The third kappa shape index (κ3) is 3.50. The molecule has 0 radical (unpaired) electrons. The Bertz CT molecular complexity index is 584. The van der Waals surface area contributed by atoms with Gasteiger partial charge in [0.05, 0.1) is 0 Å². The number of benzene rings is 1. The third-order valence-corrected chi connectivity index (χ3v) is 3.72. The summed E-state index contributed by atoms with van der Waals surface area (Å²) in [4.78, 5) is 25.3. The average Bonchev–Trinajstić information content (AvgIpc) is 3.31. The van der Waals surface area contributed by atoms with Crippen molar-refractivity contribution in [2.75, 3.05) is 24.7 Å². The number of nitrogens with zero attached hydrogens (tertiary/aromatic N) is 1. The van der Waals surface area contributed by atoms with Gasteiger partial charge in [0.1, 0.15) is 13.2 Å². The Morgan fingerprint density at radius 3 is 2.64 bits per heavy atom. The fraction of sp³-hybridized carbons (Fsp3) is 0.500. The van der Waals surface area contributed by atoms with E-state index in [-0.39, 0.29) is 11.8 Å². The zero-order chi connectivity index (χ0) is 15.5. The summed E-state index contributed by atoms with van der Waals surface area (Å²) in [5.41, 5.74) is 0.718. The van der Waals surface area contributed by atoms with Crippen molar-refractivity contribution in [2.45, 2.75) is 32.2 Å². The molecule has 1 heterocycles. The number of anilines is 1. The summed E-state index contributed by atoms with van der Waals surface area (Å²) in [6.45, 7) is 2.88. The van der Waals surface area contributed by atoms with Crippen LogP contribution in [0.15, 0.2) is 18.2 Å². The van der Waals surface area contributed by atoms with E-state index in [1.165, 1.54) is 6.92 Å². The van der Waals surface area contributed by atoms with E-state index in [0.717, 1.165) is 18.5 Å². The molecule has 0 spiro atoms. The van der Waals surface area contributed by atoms with Crippen LogP contribution in [0, 0.1) is 0 Å². The molecule has 3 rings (SSSR count). The zero-order valence-corrected chi connectivity index (χ0v) is 12.6. The predicted octanol–water partition coefficient (Wildman–Crippen LogP) is 1.48. The number of fused-ring (bicyclic) bond motifs is 1. The first-order valence-electron chi connectivity index (χ1n) is 7.60. The van der Waals surface area contributed by atoms with Crippen molar-refractivity contribution in [3.8, 4) is 11.5 Å². The molecule has 22 heavy (non-hydrogen) atoms. The SMILES string of the molecule is CC(=O)N(CCC(=O)NC1CC1)c1ccc2c(c1)OCCO2. The predicted molar refractivity (Wildman–Crippen MR) is 81.2 cm³/mol. The molecule has 1 N–H and O–H groups in total. The maximum atomic E-state index is 11.9. The maximum Gasteiger partial charge on any atom is 0.223 e. The molecule has 1 aromatic carbocycles. The molecule has 1 fully saturated rings. The van der Waals surface area contributed by atoms with Crippen LogP contribution in [-0.2, 0) is 9.59 Å². The van der Waals surface area contributed by atoms with Crippen molar-refractivity contribution in [3.05, 3.63) is 18.2 Å². The molecule has 1 aromatic rings. The molecule has 2 amide bonds. The molecule has 0 unspecified atom stereocenters. The van der Waals surface area contributed by atoms with Crippen molar-refractivity contribution in [1.29, 1.82) is 0 Å². The lowest BCUT2D eigenvalue weighted by atomic mass is 10.2. The van der Waals surface area contributed by atoms with Crippen LogP contribution in [0.3, 0.4) is 0 Å². The zero-order valence-electron chi connectivity index (χ0n) is 12.6. The summed E-state index contributed by atoms with van der Waals surface area (Å²) >= 11 is 0. The van der Waals surface area contributed by atoms with E-state index in [4.69, 9.17) is 9.47 Å². The van der Waals surface area contributed by atoms with E-state index < -0.39 is 0 Å². The van der Waals surface area contributed by atoms with Crippen LogP contribution >= 0.6 is 0 Å². The molecule has 2 aliphatic rings. The second-order valence-corrected chi connectivity index (χ2v) is 5.59. The maximum absolute atomic E-state index is 11.9. The molecular formula is C16H20N2O4. The smallest absolute Gasteiger partial charge is 0.223 e. The van der Waals surface area contributed by atoms with Crippen molar-refractivity contribution in [2.24, 2.45) is 0 Å². The standard InChI is InChI=1S/C16H20N2O4/c1-11(19)18(7-6-16(20)17-12-2-3-12)13-4-5-14-15(10-13)22-9-8-21-14/h4-5,10,12H,2-3,6-9H2,1H3,(H,17,20). The highest BCUT2D eigenvalue weighted by atomic mass is 16.6. The molecule has 1 saturated carbocycles. The summed E-state index contributed by atoms with van der Waals surface area (Å²) in [6.07, 6.45) is 2.42. The monoisotopic (exact) mass is 304 g/mol. The number of carbonyl (C=O) groups excluding carboxylic acids is 2. The normalized spacial score (nSPS) is 16.0. The van der Waals surface area contributed by atoms with E-state index in [0.29, 0.717) is 43.7 Å². The van der Waals surface area contributed by atoms with Gasteiger partial charge in [-0.2, -0.15) is 0 Å². The number of rotatable bonds is 5. The molecular weight excluding hydrogens is 284 g/mol. The second kappa shape index (κ2) is 6.25. The molecule has 1 aliphatic carbocycles. The summed E-state index contributed by atoms with van der Waals surface area (Å²) < 4.78 is 11.0. The van der Waals surface area contributed by atoms with Gasteiger partial charge in [-0.25, -0.2) is 0 Å². The lowest BCUT2D eigenvalue weighted by Gasteiger charge is -2.24. The van der Waals surface area contributed by atoms with Crippen molar-refractivity contribution in [3.63, 3.8) is 0 Å². The Hall–Kier alpha value is -2.24. The van der Waals surface area contributed by atoms with Crippen molar-refractivity contribution < 1.29 is 19.1 Å². The van der Waals surface area contributed by atoms with Crippen LogP contribution in [0.5, 0.6) is 11.5 Å². The number of hydrogen-bond acceptors (Lipinski definition) is 4. The van der Waals surface area contributed by atoms with E-state index in [2.05, 4.69) is 5.32 Å². The van der Waals surface area contributed by atoms with Crippen LogP contribution in [0.1, 0.15) is 26.2 Å². The molecule has 6 nitrogen and oxygen atoms in total. The summed E-state index contributed by atoms with van der Waals surface area (Å²) in [5, 5.41) is 2.93. The fourth-order valence-electron chi connectivity index (χ4n) is 2.41. The minimum atomic E-state index is -0.101. The highest BCUT2D eigenvalue weighted by molar-refractivity contribution is 5.92. The Morgan fingerprint density at radius 2 is 1.95 bits per heavy atom. The Morgan fingerprint density at radius 1 is 1.23 bits per heavy atom. The Kier molecular flexibility index (Phi) is 4.18. The molecule has 0 aromatic heterocycles. The quantitative estimate of drug-likeness (QED) is 0.894. The number of amides is 2. The first-order chi connectivity index (χ1) is 10.6. The van der Waals surface area contributed by atoms with Gasteiger partial charge in [0.25, 0.3) is 0 Å². The van der Waals surface area contributed by atoms with Crippen LogP contribution < -0.4 is 19.7 Å². The lowest BCUT2D eigenvalue weighted by Crippen LogP contribution is -2.34. The Labute approximate surface area is 129 Å². The van der Waals surface area contributed by atoms with E-state index in [1.807, 2.05) is 6.07 Å². The number of carbonyl (C=O) groups is 2. The molecule has 0 bridgehead atoms. The van der Waals surface area contributed by atoms with E-state index >= 15 is 0 Å². The van der Waals surface area contributed by atoms with Gasteiger partial charge >= 0.3 is 0 Å². The number of ether oxygens (including phenoxy) is 2. The fourth-order valence-corrected chi connectivity index (χ4v) is 2.41. The van der Waals surface area contributed by atoms with Gasteiger partial charge in [-0.05, 0) is 25.0 Å². The van der Waals surface area contributed by atoms with Crippen LogP contribution in [-0.4, -0.2) is 37.6 Å². The van der Waals surface area contributed by atoms with Crippen molar-refractivity contribution >= 4 is 17.5 Å². The van der Waals surface area contributed by atoms with Gasteiger partial charge < -0.3 is 19.7 Å². The summed E-state index contributed by atoms with van der Waals surface area (Å²) in [7, 11) is 0. The van der Waals surface area contributed by atoms with Crippen LogP contribution in [0.4, 0.5) is 5.69 Å². The third-order valence-electron chi connectivity index (χ3n) is 3.72. The van der Waals surface area contributed by atoms with Crippen LogP contribution in [0.2, 0.25) is 0 Å². The van der Waals surface area contributed by atoms with Crippen molar-refractivity contribution in [1.82, 2.24) is 5.32 Å². The summed E-state index contributed by atoms with van der Waals surface area (Å²) in [6, 6.07) is 5.74. The molecule has 0 atom stereocenters. The molecule has 118 valence electrons. The van der Waals surface area contributed by atoms with Gasteiger partial charge in [0.15, 0.2) is 11.5 Å². The van der Waals surface area contributed by atoms with Gasteiger partial charge in [-0.15, -0.1) is 0 Å². The minimum absolute atomic E-state index is 0.00806. The van der Waals surface area contributed by atoms with Gasteiger partial charge in [-0.1, -0.05) is 0 Å². The molecule has 6 heteroatoms. The topological polar surface area (TPSA) is 67.9 Å². The average molecular weight is 304 g/mol. The van der Waals surface area contributed by atoms with E-state index in [1.54, 1.807) is 17.0 Å². The second-order valence-electron chi connectivity index (χ2n) is 5.59. The lowest BCUT2D eigenvalue weighted by molar-refractivity contribution is -0.121. The highest BCUT2D eigenvalue weighted by Gasteiger charge is 2.24. The Balaban J connectivity index is 1.67. The van der Waals surface area contributed by atoms with Gasteiger partial charge in [0, 0.05) is 37.7 Å². The molecule has 1 aliphatic heterocycles. The largest absolute Gasteiger partial charge is 0.486 e. The molecule has 0 saturated heterocycles. The minimum Gasteiger partial charge on any atom is -0.486 e. The number of nitrogens with one attached hydrogen (secondary N) is 1. The highest BCUT2D eigenvalue weighted by Crippen LogP contribution is 2.34. The van der Waals surface area contributed by atoms with Gasteiger partial charge in [0.2, 0.25) is 11.8 Å². The first-order valence-corrected chi connectivity index (χ1v) is 7.60.